The lowest BCUT2D eigenvalue weighted by molar-refractivity contribution is 0.297. The monoisotopic (exact) mass is 287 g/mol. The summed E-state index contributed by atoms with van der Waals surface area (Å²) in [6.45, 7) is 1.98. The number of nitrogens with two attached hydrogens (primary N) is 1. The van der Waals surface area contributed by atoms with E-state index in [1.165, 1.54) is 0 Å². The van der Waals surface area contributed by atoms with Crippen molar-refractivity contribution in [3.05, 3.63) is 53.6 Å². The minimum absolute atomic E-state index is 0.0820. The van der Waals surface area contributed by atoms with Gasteiger partial charge in [-0.05, 0) is 37.1 Å². The Labute approximate surface area is 125 Å². The van der Waals surface area contributed by atoms with Crippen LogP contribution in [0.15, 0.2) is 42.5 Å². The lowest BCUT2D eigenvalue weighted by Crippen LogP contribution is -2.09. The molecule has 2 aromatic carbocycles. The molecule has 2 aromatic rings. The zero-order valence-corrected chi connectivity index (χ0v) is 12.4. The maximum absolute atomic E-state index is 9.14. The molecule has 1 atom stereocenters. The summed E-state index contributed by atoms with van der Waals surface area (Å²) < 4.78 is 11.4. The van der Waals surface area contributed by atoms with Gasteiger partial charge in [-0.3, -0.25) is 0 Å². The van der Waals surface area contributed by atoms with Crippen LogP contribution in [0.25, 0.3) is 0 Å². The standard InChI is InChI=1S/C17H21NO3/c1-12(18)17-15(20-2)8-5-9-16(17)21-14-7-4-3-6-13(14)10-11-19/h3-9,12,19H,10-11,18H2,1-2H3. The molecule has 0 spiro atoms. The molecule has 0 bridgehead atoms. The number of benzene rings is 2. The summed E-state index contributed by atoms with van der Waals surface area (Å²) in [5.41, 5.74) is 7.83. The predicted octanol–water partition coefficient (Wildman–Crippen LogP) is 3.04. The fourth-order valence-electron chi connectivity index (χ4n) is 2.29. The number of hydrogen-bond acceptors (Lipinski definition) is 4. The first kappa shape index (κ1) is 15.4. The van der Waals surface area contributed by atoms with Crippen LogP contribution in [-0.2, 0) is 6.42 Å². The molecule has 0 aliphatic carbocycles. The highest BCUT2D eigenvalue weighted by atomic mass is 16.5. The van der Waals surface area contributed by atoms with Crippen molar-refractivity contribution in [3.63, 3.8) is 0 Å². The Balaban J connectivity index is 2.40. The van der Waals surface area contributed by atoms with E-state index in [1.807, 2.05) is 49.4 Å². The molecule has 112 valence electrons. The quantitative estimate of drug-likeness (QED) is 0.857. The largest absolute Gasteiger partial charge is 0.496 e. The molecule has 0 heterocycles. The number of para-hydroxylation sites is 1. The highest BCUT2D eigenvalue weighted by molar-refractivity contribution is 5.49. The molecule has 0 aliphatic heterocycles. The van der Waals surface area contributed by atoms with Gasteiger partial charge in [-0.2, -0.15) is 0 Å². The van der Waals surface area contributed by atoms with E-state index in [4.69, 9.17) is 20.3 Å². The first-order valence-electron chi connectivity index (χ1n) is 6.96. The summed E-state index contributed by atoms with van der Waals surface area (Å²) in [6, 6.07) is 13.1. The molecule has 4 heteroatoms. The summed E-state index contributed by atoms with van der Waals surface area (Å²) in [4.78, 5) is 0. The molecule has 4 nitrogen and oxygen atoms in total. The Morgan fingerprint density at radius 1 is 1.05 bits per heavy atom. The summed E-state index contributed by atoms with van der Waals surface area (Å²) in [5, 5.41) is 9.14. The number of ether oxygens (including phenoxy) is 2. The van der Waals surface area contributed by atoms with Crippen LogP contribution in [-0.4, -0.2) is 18.8 Å². The smallest absolute Gasteiger partial charge is 0.135 e. The molecule has 3 N–H and O–H groups in total. The molecule has 0 amide bonds. The fourth-order valence-corrected chi connectivity index (χ4v) is 2.29. The SMILES string of the molecule is COc1cccc(Oc2ccccc2CCO)c1C(C)N. The number of hydrogen-bond donors (Lipinski definition) is 2. The third-order valence-electron chi connectivity index (χ3n) is 3.28. The van der Waals surface area contributed by atoms with Gasteiger partial charge in [0.2, 0.25) is 0 Å². The number of rotatable bonds is 6. The molecule has 0 saturated heterocycles. The molecular formula is C17H21NO3. The number of aliphatic hydroxyl groups excluding tert-OH is 1. The highest BCUT2D eigenvalue weighted by Crippen LogP contribution is 2.36. The van der Waals surface area contributed by atoms with E-state index in [2.05, 4.69) is 0 Å². The maximum Gasteiger partial charge on any atom is 0.135 e. The number of aliphatic hydroxyl groups is 1. The van der Waals surface area contributed by atoms with Gasteiger partial charge in [0.15, 0.2) is 0 Å². The van der Waals surface area contributed by atoms with Crippen molar-refractivity contribution in [3.8, 4) is 17.2 Å². The van der Waals surface area contributed by atoms with Gasteiger partial charge in [-0.15, -0.1) is 0 Å². The maximum atomic E-state index is 9.14. The van der Waals surface area contributed by atoms with Crippen LogP contribution in [0.2, 0.25) is 0 Å². The van der Waals surface area contributed by atoms with Crippen molar-refractivity contribution in [1.29, 1.82) is 0 Å². The molecule has 2 rings (SSSR count). The Kier molecular flexibility index (Phi) is 5.20. The number of methoxy groups -OCH3 is 1. The highest BCUT2D eigenvalue weighted by Gasteiger charge is 2.15. The summed E-state index contributed by atoms with van der Waals surface area (Å²) in [5.74, 6) is 2.11. The molecular weight excluding hydrogens is 266 g/mol. The van der Waals surface area contributed by atoms with Gasteiger partial charge in [-0.1, -0.05) is 24.3 Å². The minimum atomic E-state index is -0.207. The average Bonchev–Trinajstić information content (AvgIpc) is 2.49. The van der Waals surface area contributed by atoms with Crippen LogP contribution in [0.5, 0.6) is 17.2 Å². The van der Waals surface area contributed by atoms with Gasteiger partial charge < -0.3 is 20.3 Å². The van der Waals surface area contributed by atoms with E-state index in [-0.39, 0.29) is 12.6 Å². The third kappa shape index (κ3) is 3.54. The molecule has 0 aromatic heterocycles. The molecule has 0 aliphatic rings. The Hall–Kier alpha value is -2.04. The van der Waals surface area contributed by atoms with E-state index < -0.39 is 0 Å². The van der Waals surface area contributed by atoms with Gasteiger partial charge in [-0.25, -0.2) is 0 Å². The molecule has 0 fully saturated rings. The fraction of sp³-hybridized carbons (Fsp3) is 0.294. The second-order valence-electron chi connectivity index (χ2n) is 4.84. The normalized spacial score (nSPS) is 12.0. The van der Waals surface area contributed by atoms with Gasteiger partial charge in [0.25, 0.3) is 0 Å². The van der Waals surface area contributed by atoms with Crippen LogP contribution < -0.4 is 15.2 Å². The van der Waals surface area contributed by atoms with E-state index in [1.54, 1.807) is 7.11 Å². The van der Waals surface area contributed by atoms with E-state index in [0.29, 0.717) is 17.9 Å². The summed E-state index contributed by atoms with van der Waals surface area (Å²) in [7, 11) is 1.62. The van der Waals surface area contributed by atoms with E-state index >= 15 is 0 Å². The first-order valence-corrected chi connectivity index (χ1v) is 6.96. The van der Waals surface area contributed by atoms with Gasteiger partial charge >= 0.3 is 0 Å². The van der Waals surface area contributed by atoms with Crippen LogP contribution >= 0.6 is 0 Å². The predicted molar refractivity (Wildman–Crippen MR) is 82.9 cm³/mol. The van der Waals surface area contributed by atoms with E-state index in [0.717, 1.165) is 16.9 Å². The average molecular weight is 287 g/mol. The Bertz CT molecular complexity index is 596. The molecule has 1 unspecified atom stereocenters. The van der Waals surface area contributed by atoms with Crippen molar-refractivity contribution in [2.75, 3.05) is 13.7 Å². The lowest BCUT2D eigenvalue weighted by atomic mass is 10.1. The van der Waals surface area contributed by atoms with Crippen molar-refractivity contribution in [2.45, 2.75) is 19.4 Å². The molecule has 0 radical (unpaired) electrons. The van der Waals surface area contributed by atoms with Gasteiger partial charge in [0, 0.05) is 12.6 Å². The Morgan fingerprint density at radius 2 is 1.71 bits per heavy atom. The molecule has 0 saturated carbocycles. The topological polar surface area (TPSA) is 64.7 Å². The van der Waals surface area contributed by atoms with Crippen molar-refractivity contribution < 1.29 is 14.6 Å². The van der Waals surface area contributed by atoms with Crippen molar-refractivity contribution in [2.24, 2.45) is 5.73 Å². The Morgan fingerprint density at radius 3 is 2.38 bits per heavy atom. The second kappa shape index (κ2) is 7.11. The summed E-state index contributed by atoms with van der Waals surface area (Å²) in [6.07, 6.45) is 0.549. The second-order valence-corrected chi connectivity index (χ2v) is 4.84. The zero-order valence-electron chi connectivity index (χ0n) is 12.4. The lowest BCUT2D eigenvalue weighted by Gasteiger charge is -2.18. The minimum Gasteiger partial charge on any atom is -0.496 e. The van der Waals surface area contributed by atoms with Crippen LogP contribution in [0.4, 0.5) is 0 Å². The van der Waals surface area contributed by atoms with Crippen LogP contribution in [0.1, 0.15) is 24.1 Å². The van der Waals surface area contributed by atoms with Gasteiger partial charge in [0.1, 0.15) is 17.2 Å². The third-order valence-corrected chi connectivity index (χ3v) is 3.28. The van der Waals surface area contributed by atoms with E-state index in [9.17, 15) is 0 Å². The van der Waals surface area contributed by atoms with Crippen LogP contribution in [0.3, 0.4) is 0 Å². The zero-order chi connectivity index (χ0) is 15.2. The first-order chi connectivity index (χ1) is 10.2. The van der Waals surface area contributed by atoms with Crippen LogP contribution in [0, 0.1) is 0 Å². The van der Waals surface area contributed by atoms with Crippen molar-refractivity contribution >= 4 is 0 Å². The van der Waals surface area contributed by atoms with Crippen molar-refractivity contribution in [1.82, 2.24) is 0 Å². The molecule has 21 heavy (non-hydrogen) atoms. The van der Waals surface area contributed by atoms with Gasteiger partial charge in [0.05, 0.1) is 12.7 Å². The summed E-state index contributed by atoms with van der Waals surface area (Å²) >= 11 is 0.